The van der Waals surface area contributed by atoms with E-state index in [0.717, 1.165) is 22.9 Å². The first-order valence-corrected chi connectivity index (χ1v) is 12.6. The topological polar surface area (TPSA) is 80.1 Å². The van der Waals surface area contributed by atoms with E-state index in [4.69, 9.17) is 11.6 Å². The molecule has 0 bridgehead atoms. The minimum Gasteiger partial charge on any atom is -0.333 e. The zero-order valence-electron chi connectivity index (χ0n) is 21.1. The molecule has 0 aliphatic carbocycles. The Labute approximate surface area is 231 Å². The number of aromatic nitrogens is 3. The van der Waals surface area contributed by atoms with Crippen molar-refractivity contribution in [2.75, 3.05) is 11.9 Å². The van der Waals surface area contributed by atoms with Gasteiger partial charge in [-0.2, -0.15) is 23.1 Å². The number of aryl methyl sites for hydroxylation is 1. The van der Waals surface area contributed by atoms with Crippen LogP contribution >= 0.6 is 11.6 Å². The summed E-state index contributed by atoms with van der Waals surface area (Å²) in [5.41, 5.74) is 2.01. The van der Waals surface area contributed by atoms with Crippen LogP contribution in [0.15, 0.2) is 60.7 Å². The number of rotatable bonds is 5. The number of hydrogen-bond donors (Lipinski definition) is 1. The van der Waals surface area contributed by atoms with E-state index in [1.165, 1.54) is 4.80 Å². The molecular formula is C28H22ClF4N5O2. The van der Waals surface area contributed by atoms with Gasteiger partial charge in [-0.3, -0.25) is 9.59 Å². The number of hydrogen-bond acceptors (Lipinski definition) is 4. The third-order valence-corrected chi connectivity index (χ3v) is 6.89. The third kappa shape index (κ3) is 5.55. The molecule has 0 fully saturated rings. The van der Waals surface area contributed by atoms with Gasteiger partial charge in [0.1, 0.15) is 5.82 Å². The van der Waals surface area contributed by atoms with Crippen LogP contribution in [0.4, 0.5) is 23.2 Å². The fourth-order valence-corrected chi connectivity index (χ4v) is 4.83. The second-order valence-corrected chi connectivity index (χ2v) is 9.74. The number of nitrogens with one attached hydrogen (secondary N) is 1. The monoisotopic (exact) mass is 571 g/mol. The van der Waals surface area contributed by atoms with Crippen LogP contribution < -0.4 is 5.32 Å². The average Bonchev–Trinajstić information content (AvgIpc) is 3.31. The number of anilines is 1. The van der Waals surface area contributed by atoms with E-state index in [9.17, 15) is 27.2 Å². The maximum atomic E-state index is 13.9. The number of fused-ring (bicyclic) bond motifs is 1. The Morgan fingerprint density at radius 3 is 2.50 bits per heavy atom. The smallest absolute Gasteiger partial charge is 0.333 e. The molecule has 206 valence electrons. The Bertz CT molecular complexity index is 1600. The van der Waals surface area contributed by atoms with Crippen molar-refractivity contribution >= 4 is 29.1 Å². The minimum atomic E-state index is -4.83. The summed E-state index contributed by atoms with van der Waals surface area (Å²) in [7, 11) is 0. The summed E-state index contributed by atoms with van der Waals surface area (Å²) < 4.78 is 52.4. The fraction of sp³-hybridized carbons (Fsp3) is 0.214. The van der Waals surface area contributed by atoms with Gasteiger partial charge in [-0.15, -0.1) is 5.10 Å². The standard InChI is InChI=1S/C28H22ClF4N5O2/c1-16-25(36-38(35-16)19-5-3-2-4-6-19)27(40)37-12-11-20-18(15-37)8-10-22(29)26(20)34-24(39)14-17-7-9-21(23(30)13-17)28(31,32)33/h2-10,13H,11-12,14-15H2,1H3,(H,34,39). The Morgan fingerprint density at radius 1 is 1.05 bits per heavy atom. The van der Waals surface area contributed by atoms with Crippen molar-refractivity contribution in [3.8, 4) is 5.69 Å². The number of amides is 2. The van der Waals surface area contributed by atoms with Gasteiger partial charge in [0.05, 0.1) is 34.1 Å². The molecule has 7 nitrogen and oxygen atoms in total. The van der Waals surface area contributed by atoms with Crippen LogP contribution in [0.2, 0.25) is 5.02 Å². The van der Waals surface area contributed by atoms with Gasteiger partial charge in [0, 0.05) is 13.1 Å². The predicted molar refractivity (Wildman–Crippen MR) is 140 cm³/mol. The molecule has 1 aliphatic rings. The zero-order valence-corrected chi connectivity index (χ0v) is 21.9. The Hall–Kier alpha value is -4.25. The first-order valence-electron chi connectivity index (χ1n) is 12.3. The summed E-state index contributed by atoms with van der Waals surface area (Å²) in [5.74, 6) is -2.30. The van der Waals surface area contributed by atoms with E-state index >= 15 is 0 Å². The summed E-state index contributed by atoms with van der Waals surface area (Å²) in [6.45, 7) is 2.29. The van der Waals surface area contributed by atoms with E-state index in [1.807, 2.05) is 30.3 Å². The quantitative estimate of drug-likeness (QED) is 0.309. The Morgan fingerprint density at radius 2 is 1.80 bits per heavy atom. The van der Waals surface area contributed by atoms with E-state index < -0.39 is 23.5 Å². The van der Waals surface area contributed by atoms with Gasteiger partial charge < -0.3 is 10.2 Å². The molecular weight excluding hydrogens is 550 g/mol. The van der Waals surface area contributed by atoms with Crippen molar-refractivity contribution in [3.63, 3.8) is 0 Å². The number of carbonyl (C=O) groups is 2. The molecule has 1 aliphatic heterocycles. The summed E-state index contributed by atoms with van der Waals surface area (Å²) in [4.78, 5) is 29.1. The van der Waals surface area contributed by atoms with Crippen LogP contribution in [0, 0.1) is 12.7 Å². The lowest BCUT2D eigenvalue weighted by Gasteiger charge is -2.30. The SMILES string of the molecule is Cc1nn(-c2ccccc2)nc1C(=O)N1CCc2c(ccc(Cl)c2NC(=O)Cc2ccc(C(F)(F)F)c(F)c2)C1. The van der Waals surface area contributed by atoms with Crippen LogP contribution in [-0.2, 0) is 30.4 Å². The van der Waals surface area contributed by atoms with E-state index in [2.05, 4.69) is 15.5 Å². The van der Waals surface area contributed by atoms with E-state index in [1.54, 1.807) is 24.0 Å². The molecule has 0 atom stereocenters. The summed E-state index contributed by atoms with van der Waals surface area (Å²) in [5, 5.41) is 11.7. The summed E-state index contributed by atoms with van der Waals surface area (Å²) in [6, 6.07) is 15.0. The van der Waals surface area contributed by atoms with Crippen molar-refractivity contribution < 1.29 is 27.2 Å². The molecule has 2 amide bonds. The molecule has 5 rings (SSSR count). The molecule has 2 heterocycles. The van der Waals surface area contributed by atoms with Gasteiger partial charge >= 0.3 is 6.18 Å². The molecule has 1 aromatic heterocycles. The maximum absolute atomic E-state index is 13.9. The number of carbonyl (C=O) groups excluding carboxylic acids is 2. The van der Waals surface area contributed by atoms with Crippen LogP contribution in [0.5, 0.6) is 0 Å². The van der Waals surface area contributed by atoms with Gasteiger partial charge in [0.25, 0.3) is 5.91 Å². The molecule has 12 heteroatoms. The summed E-state index contributed by atoms with van der Waals surface area (Å²) in [6.07, 6.45) is -4.79. The number of nitrogens with zero attached hydrogens (tertiary/aromatic N) is 4. The number of halogens is 5. The molecule has 4 aromatic rings. The maximum Gasteiger partial charge on any atom is 0.419 e. The highest BCUT2D eigenvalue weighted by atomic mass is 35.5. The summed E-state index contributed by atoms with van der Waals surface area (Å²) >= 11 is 6.38. The molecule has 0 unspecified atom stereocenters. The van der Waals surface area contributed by atoms with Gasteiger partial charge in [0.15, 0.2) is 5.69 Å². The van der Waals surface area contributed by atoms with E-state index in [-0.39, 0.29) is 35.2 Å². The molecule has 0 saturated heterocycles. The van der Waals surface area contributed by atoms with Crippen molar-refractivity contribution in [1.29, 1.82) is 0 Å². The highest BCUT2D eigenvalue weighted by Crippen LogP contribution is 2.34. The van der Waals surface area contributed by atoms with Gasteiger partial charge in [0.2, 0.25) is 5.91 Å². The van der Waals surface area contributed by atoms with Crippen LogP contribution in [-0.4, -0.2) is 38.3 Å². The second-order valence-electron chi connectivity index (χ2n) is 9.33. The van der Waals surface area contributed by atoms with Crippen molar-refractivity contribution in [2.45, 2.75) is 32.5 Å². The molecule has 40 heavy (non-hydrogen) atoms. The number of para-hydroxylation sites is 1. The largest absolute Gasteiger partial charge is 0.419 e. The third-order valence-electron chi connectivity index (χ3n) is 6.58. The Balaban J connectivity index is 1.31. The first kappa shape index (κ1) is 27.3. The average molecular weight is 572 g/mol. The highest BCUT2D eigenvalue weighted by molar-refractivity contribution is 6.34. The van der Waals surface area contributed by atoms with Crippen molar-refractivity contribution in [3.05, 3.63) is 105 Å². The van der Waals surface area contributed by atoms with Crippen molar-refractivity contribution in [2.24, 2.45) is 0 Å². The van der Waals surface area contributed by atoms with Crippen molar-refractivity contribution in [1.82, 2.24) is 19.9 Å². The van der Waals surface area contributed by atoms with Gasteiger partial charge in [-0.05, 0) is 60.4 Å². The lowest BCUT2D eigenvalue weighted by molar-refractivity contribution is -0.140. The Kier molecular flexibility index (Phi) is 7.33. The number of alkyl halides is 3. The van der Waals surface area contributed by atoms with Crippen LogP contribution in [0.3, 0.4) is 0 Å². The van der Waals surface area contributed by atoms with E-state index in [0.29, 0.717) is 36.5 Å². The molecule has 1 N–H and O–H groups in total. The molecule has 3 aromatic carbocycles. The molecule has 0 saturated carbocycles. The minimum absolute atomic E-state index is 0.0830. The normalized spacial score (nSPS) is 13.2. The highest BCUT2D eigenvalue weighted by Gasteiger charge is 2.34. The fourth-order valence-electron chi connectivity index (χ4n) is 4.61. The number of benzene rings is 3. The van der Waals surface area contributed by atoms with Gasteiger partial charge in [-0.25, -0.2) is 4.39 Å². The van der Waals surface area contributed by atoms with Crippen LogP contribution in [0.1, 0.15) is 38.4 Å². The second kappa shape index (κ2) is 10.7. The molecule has 0 radical (unpaired) electrons. The molecule has 0 spiro atoms. The van der Waals surface area contributed by atoms with Gasteiger partial charge in [-0.1, -0.05) is 41.9 Å². The lowest BCUT2D eigenvalue weighted by Crippen LogP contribution is -2.37. The van der Waals surface area contributed by atoms with Crippen LogP contribution in [0.25, 0.3) is 5.69 Å². The predicted octanol–water partition coefficient (Wildman–Crippen LogP) is 5.77. The zero-order chi connectivity index (χ0) is 28.6. The first-order chi connectivity index (χ1) is 19.0. The lowest BCUT2D eigenvalue weighted by atomic mass is 9.97.